The molecule has 0 aromatic carbocycles. The van der Waals surface area contributed by atoms with Crippen LogP contribution in [-0.4, -0.2) is 49.0 Å². The third kappa shape index (κ3) is 3.95. The predicted molar refractivity (Wildman–Crippen MR) is 57.9 cm³/mol. The molecule has 1 fully saturated rings. The van der Waals surface area contributed by atoms with E-state index in [4.69, 9.17) is 24.1 Å². The van der Waals surface area contributed by atoms with Crippen molar-refractivity contribution < 1.29 is 28.8 Å². The topological polar surface area (TPSA) is 90.4 Å². The first-order valence-corrected chi connectivity index (χ1v) is 5.40. The van der Waals surface area contributed by atoms with Crippen LogP contribution in [0.15, 0.2) is 18.2 Å². The molecule has 0 radical (unpaired) electrons. The molecule has 1 aromatic rings. The lowest BCUT2D eigenvalue weighted by Crippen LogP contribution is -2.12. The van der Waals surface area contributed by atoms with Gasteiger partial charge < -0.3 is 24.1 Å². The highest BCUT2D eigenvalue weighted by Gasteiger charge is 2.23. The highest BCUT2D eigenvalue weighted by molar-refractivity contribution is 5.87. The van der Waals surface area contributed by atoms with Crippen LogP contribution in [0, 0.1) is 0 Å². The van der Waals surface area contributed by atoms with E-state index >= 15 is 0 Å². The van der Waals surface area contributed by atoms with E-state index in [1.54, 1.807) is 12.1 Å². The number of hydrogen-bond donors (Lipinski definition) is 1. The first kappa shape index (κ1) is 12.7. The number of carbonyl (C=O) groups excluding carboxylic acids is 1. The van der Waals surface area contributed by atoms with Crippen molar-refractivity contribution in [2.75, 3.05) is 26.6 Å². The molecule has 98 valence electrons. The lowest BCUT2D eigenvalue weighted by molar-refractivity contribution is -0.0360. The number of carbonyl (C=O) groups is 1. The summed E-state index contributed by atoms with van der Waals surface area (Å²) < 4.78 is 19.8. The van der Waals surface area contributed by atoms with Crippen molar-refractivity contribution >= 4 is 5.97 Å². The van der Waals surface area contributed by atoms with Crippen LogP contribution < -0.4 is 4.74 Å². The fourth-order valence-corrected chi connectivity index (χ4v) is 1.13. The summed E-state index contributed by atoms with van der Waals surface area (Å²) in [5.41, 5.74) is 0.114. The monoisotopic (exact) mass is 255 g/mol. The molecule has 18 heavy (non-hydrogen) atoms. The minimum atomic E-state index is -0.610. The lowest BCUT2D eigenvalue weighted by Gasteiger charge is -2.06. The van der Waals surface area contributed by atoms with Crippen molar-refractivity contribution in [3.05, 3.63) is 23.9 Å². The van der Waals surface area contributed by atoms with Crippen molar-refractivity contribution in [2.45, 2.75) is 6.29 Å². The highest BCUT2D eigenvalue weighted by atomic mass is 16.8. The van der Waals surface area contributed by atoms with Crippen molar-refractivity contribution in [1.29, 1.82) is 0 Å². The predicted octanol–water partition coefficient (Wildman–Crippen LogP) is -0.0601. The van der Waals surface area contributed by atoms with Gasteiger partial charge in [0.1, 0.15) is 13.2 Å². The zero-order valence-corrected chi connectivity index (χ0v) is 9.57. The molecule has 0 saturated carbocycles. The number of epoxide rings is 1. The van der Waals surface area contributed by atoms with Gasteiger partial charge in [-0.3, -0.25) is 0 Å². The maximum Gasteiger partial charge on any atom is 0.357 e. The Labute approximate surface area is 103 Å². The van der Waals surface area contributed by atoms with Crippen LogP contribution >= 0.6 is 0 Å². The number of nitrogens with zero attached hydrogens (tertiary/aromatic N) is 1. The summed E-state index contributed by atoms with van der Waals surface area (Å²) in [6.45, 7) is 0.294. The van der Waals surface area contributed by atoms with Gasteiger partial charge in [-0.05, 0) is 6.07 Å². The quantitative estimate of drug-likeness (QED) is 0.414. The van der Waals surface area contributed by atoms with Crippen LogP contribution in [-0.2, 0) is 14.2 Å². The van der Waals surface area contributed by atoms with Crippen LogP contribution in [0.2, 0.25) is 0 Å². The standard InChI is InChI=1S/C11H13NO6/c13-4-5-15-11(14)8-2-1-3-9(12-8)17-7-18-10-6-16-10/h1-3,10,13H,4-7H2. The number of aliphatic hydroxyl groups excluding tert-OH is 1. The zero-order chi connectivity index (χ0) is 12.8. The largest absolute Gasteiger partial charge is 0.459 e. The number of esters is 1. The van der Waals surface area contributed by atoms with E-state index < -0.39 is 5.97 Å². The molecule has 1 aliphatic heterocycles. The van der Waals surface area contributed by atoms with Gasteiger partial charge in [-0.25, -0.2) is 9.78 Å². The van der Waals surface area contributed by atoms with Gasteiger partial charge in [0.25, 0.3) is 0 Å². The van der Waals surface area contributed by atoms with E-state index in [-0.39, 0.29) is 37.9 Å². The van der Waals surface area contributed by atoms with E-state index in [9.17, 15) is 4.79 Å². The van der Waals surface area contributed by atoms with Crippen molar-refractivity contribution in [3.8, 4) is 5.88 Å². The number of pyridine rings is 1. The van der Waals surface area contributed by atoms with E-state index in [1.807, 2.05) is 0 Å². The molecule has 0 aliphatic carbocycles. The maximum atomic E-state index is 11.4. The van der Waals surface area contributed by atoms with E-state index in [1.165, 1.54) is 6.07 Å². The fraction of sp³-hybridized carbons (Fsp3) is 0.455. The Bertz CT molecular complexity index is 406. The lowest BCUT2D eigenvalue weighted by atomic mass is 10.3. The molecule has 1 aromatic heterocycles. The Kier molecular flexibility index (Phi) is 4.46. The molecule has 1 unspecified atom stereocenters. The summed E-state index contributed by atoms with van der Waals surface area (Å²) in [7, 11) is 0. The average Bonchev–Trinajstić information content (AvgIpc) is 3.20. The number of hydrogen-bond acceptors (Lipinski definition) is 7. The van der Waals surface area contributed by atoms with Gasteiger partial charge in [0.05, 0.1) is 6.61 Å². The van der Waals surface area contributed by atoms with Gasteiger partial charge in [-0.1, -0.05) is 6.07 Å². The summed E-state index contributed by atoms with van der Waals surface area (Å²) in [6.07, 6.45) is -0.192. The fourth-order valence-electron chi connectivity index (χ4n) is 1.13. The molecule has 7 nitrogen and oxygen atoms in total. The summed E-state index contributed by atoms with van der Waals surface area (Å²) in [6, 6.07) is 4.71. The number of rotatable bonds is 7. The van der Waals surface area contributed by atoms with Crippen LogP contribution in [0.3, 0.4) is 0 Å². The van der Waals surface area contributed by atoms with Crippen molar-refractivity contribution in [3.63, 3.8) is 0 Å². The molecule has 0 spiro atoms. The Morgan fingerprint density at radius 1 is 1.56 bits per heavy atom. The van der Waals surface area contributed by atoms with Crippen LogP contribution in [0.25, 0.3) is 0 Å². The molecule has 2 rings (SSSR count). The molecule has 1 N–H and O–H groups in total. The Morgan fingerprint density at radius 3 is 3.11 bits per heavy atom. The summed E-state index contributed by atoms with van der Waals surface area (Å²) in [4.78, 5) is 15.4. The van der Waals surface area contributed by atoms with Gasteiger partial charge in [-0.2, -0.15) is 0 Å². The van der Waals surface area contributed by atoms with Gasteiger partial charge in [0.15, 0.2) is 18.8 Å². The van der Waals surface area contributed by atoms with E-state index in [0.717, 1.165) is 0 Å². The van der Waals surface area contributed by atoms with Crippen LogP contribution in [0.1, 0.15) is 10.5 Å². The molecule has 2 heterocycles. The van der Waals surface area contributed by atoms with Crippen molar-refractivity contribution in [1.82, 2.24) is 4.98 Å². The smallest absolute Gasteiger partial charge is 0.357 e. The second-order valence-corrected chi connectivity index (χ2v) is 3.41. The minimum Gasteiger partial charge on any atom is -0.459 e. The second kappa shape index (κ2) is 6.29. The molecule has 1 aliphatic rings. The average molecular weight is 255 g/mol. The third-order valence-electron chi connectivity index (χ3n) is 2.02. The maximum absolute atomic E-state index is 11.4. The summed E-state index contributed by atoms with van der Waals surface area (Å²) in [5.74, 6) is -0.352. The number of aromatic nitrogens is 1. The van der Waals surface area contributed by atoms with E-state index in [0.29, 0.717) is 6.61 Å². The van der Waals surface area contributed by atoms with Crippen molar-refractivity contribution in [2.24, 2.45) is 0 Å². The number of aliphatic hydroxyl groups is 1. The van der Waals surface area contributed by atoms with Gasteiger partial charge in [-0.15, -0.1) is 0 Å². The second-order valence-electron chi connectivity index (χ2n) is 3.41. The first-order valence-electron chi connectivity index (χ1n) is 5.40. The molecular weight excluding hydrogens is 242 g/mol. The Morgan fingerprint density at radius 2 is 2.39 bits per heavy atom. The van der Waals surface area contributed by atoms with Crippen LogP contribution in [0.5, 0.6) is 5.88 Å². The van der Waals surface area contributed by atoms with Gasteiger partial charge in [0.2, 0.25) is 5.88 Å². The van der Waals surface area contributed by atoms with Crippen LogP contribution in [0.4, 0.5) is 0 Å². The van der Waals surface area contributed by atoms with Gasteiger partial charge in [0, 0.05) is 6.07 Å². The zero-order valence-electron chi connectivity index (χ0n) is 9.57. The molecule has 1 saturated heterocycles. The highest BCUT2D eigenvalue weighted by Crippen LogP contribution is 2.12. The summed E-state index contributed by atoms with van der Waals surface area (Å²) >= 11 is 0. The van der Waals surface area contributed by atoms with E-state index in [2.05, 4.69) is 4.98 Å². The normalized spacial score (nSPS) is 17.3. The van der Waals surface area contributed by atoms with Gasteiger partial charge >= 0.3 is 5.97 Å². The molecule has 0 amide bonds. The molecule has 1 atom stereocenters. The number of ether oxygens (including phenoxy) is 4. The SMILES string of the molecule is O=C(OCCO)c1cccc(OCOC2CO2)n1. The summed E-state index contributed by atoms with van der Waals surface area (Å²) in [5, 5.41) is 8.54. The Balaban J connectivity index is 1.84. The molecule has 0 bridgehead atoms. The first-order chi connectivity index (χ1) is 8.79. The third-order valence-corrected chi connectivity index (χ3v) is 2.02. The minimum absolute atomic E-state index is 0.00675. The molecular formula is C11H13NO6. The Hall–Kier alpha value is -1.70. The molecule has 7 heteroatoms.